The number of rotatable bonds is 4. The van der Waals surface area contributed by atoms with E-state index in [1.54, 1.807) is 0 Å². The number of fused-ring (bicyclic) bond motifs is 2. The Morgan fingerprint density at radius 3 is 1.25 bits per heavy atom. The molecular weight excluding hydrogens is 436 g/mol. The van der Waals surface area contributed by atoms with Crippen LogP contribution >= 0.6 is 0 Å². The minimum absolute atomic E-state index is 0.0329. The van der Waals surface area contributed by atoms with Gasteiger partial charge in [0.05, 0.1) is 11.1 Å². The quantitative estimate of drug-likeness (QED) is 0.371. The maximum atomic E-state index is 2.55. The van der Waals surface area contributed by atoms with Gasteiger partial charge in [-0.15, -0.1) is 0 Å². The maximum Gasteiger partial charge on any atom is 0.0538 e. The summed E-state index contributed by atoms with van der Waals surface area (Å²) < 4.78 is 0. The van der Waals surface area contributed by atoms with Crippen molar-refractivity contribution in [1.82, 2.24) is 0 Å². The third-order valence-corrected chi connectivity index (χ3v) is 7.97. The summed E-state index contributed by atoms with van der Waals surface area (Å²) in [5, 5.41) is 0. The van der Waals surface area contributed by atoms with Crippen LogP contribution in [0.1, 0.15) is 74.9 Å². The van der Waals surface area contributed by atoms with E-state index in [1.807, 2.05) is 0 Å². The van der Waals surface area contributed by atoms with E-state index in [2.05, 4.69) is 138 Å². The molecule has 2 nitrogen and oxygen atoms in total. The number of aryl methyl sites for hydroxylation is 2. The number of hydrogen-bond acceptors (Lipinski definition) is 2. The van der Waals surface area contributed by atoms with Crippen LogP contribution in [-0.4, -0.2) is 11.1 Å². The lowest BCUT2D eigenvalue weighted by molar-refractivity contribution is 0.549. The number of benzene rings is 3. The van der Waals surface area contributed by atoms with Gasteiger partial charge < -0.3 is 9.80 Å². The van der Waals surface area contributed by atoms with Crippen molar-refractivity contribution in [2.24, 2.45) is 0 Å². The predicted molar refractivity (Wildman–Crippen MR) is 157 cm³/mol. The van der Waals surface area contributed by atoms with Gasteiger partial charge in [-0.25, -0.2) is 0 Å². The average Bonchev–Trinajstić information content (AvgIpc) is 2.80. The molecule has 0 fully saturated rings. The summed E-state index contributed by atoms with van der Waals surface area (Å²) in [6.45, 7) is 19.9. The summed E-state index contributed by atoms with van der Waals surface area (Å²) in [6, 6.07) is 23.0. The van der Waals surface area contributed by atoms with Crippen molar-refractivity contribution in [2.75, 3.05) is 9.80 Å². The van der Waals surface area contributed by atoms with Crippen LogP contribution in [0, 0.1) is 13.8 Å². The third-order valence-electron chi connectivity index (χ3n) is 7.97. The molecule has 2 aliphatic rings. The molecule has 0 saturated heterocycles. The second-order valence-corrected chi connectivity index (χ2v) is 12.0. The van der Waals surface area contributed by atoms with Gasteiger partial charge in [0.15, 0.2) is 0 Å². The Morgan fingerprint density at radius 1 is 0.528 bits per heavy atom. The predicted octanol–water partition coefficient (Wildman–Crippen LogP) is 8.71. The molecular formula is C34H40N2. The standard InChI is InChI=1S/C34H40N2/c1-23-9-15-31-29(17-23)25(3)19-33(5,6)35(31)21-27-11-13-28(14-12-27)22-36-32-16-10-24(2)18-30(32)26(4)20-34(36,7)8/h9-20H,21-22H2,1-8H3. The molecule has 0 unspecified atom stereocenters. The number of nitrogens with zero attached hydrogens (tertiary/aromatic N) is 2. The second kappa shape index (κ2) is 8.69. The van der Waals surface area contributed by atoms with E-state index in [1.165, 1.54) is 55.9 Å². The van der Waals surface area contributed by atoms with Gasteiger partial charge in [-0.3, -0.25) is 0 Å². The van der Waals surface area contributed by atoms with Crippen LogP contribution in [0.5, 0.6) is 0 Å². The van der Waals surface area contributed by atoms with Crippen molar-refractivity contribution >= 4 is 22.5 Å². The molecule has 5 rings (SSSR count). The van der Waals surface area contributed by atoms with Crippen molar-refractivity contribution in [3.05, 3.63) is 106 Å². The van der Waals surface area contributed by atoms with Gasteiger partial charge in [0.25, 0.3) is 0 Å². The minimum Gasteiger partial charge on any atom is -0.358 e. The molecule has 0 aliphatic carbocycles. The van der Waals surface area contributed by atoms with Crippen LogP contribution in [-0.2, 0) is 13.1 Å². The summed E-state index contributed by atoms with van der Waals surface area (Å²) >= 11 is 0. The molecule has 0 bridgehead atoms. The molecule has 3 aromatic carbocycles. The third kappa shape index (κ3) is 4.39. The highest BCUT2D eigenvalue weighted by molar-refractivity contribution is 5.82. The Kier molecular flexibility index (Phi) is 5.90. The molecule has 0 saturated carbocycles. The molecule has 2 heterocycles. The number of hydrogen-bond donors (Lipinski definition) is 0. The normalized spacial score (nSPS) is 17.8. The number of allylic oxidation sites excluding steroid dienone is 2. The summed E-state index contributed by atoms with van der Waals surface area (Å²) in [7, 11) is 0. The topological polar surface area (TPSA) is 6.48 Å². The molecule has 0 aromatic heterocycles. The monoisotopic (exact) mass is 476 g/mol. The first-order chi connectivity index (χ1) is 16.9. The lowest BCUT2D eigenvalue weighted by Crippen LogP contribution is -2.44. The van der Waals surface area contributed by atoms with E-state index in [4.69, 9.17) is 0 Å². The molecule has 0 amide bonds. The highest BCUT2D eigenvalue weighted by Gasteiger charge is 2.32. The Morgan fingerprint density at radius 2 is 0.889 bits per heavy atom. The molecule has 36 heavy (non-hydrogen) atoms. The van der Waals surface area contributed by atoms with E-state index in [0.717, 1.165) is 13.1 Å². The smallest absolute Gasteiger partial charge is 0.0538 e. The van der Waals surface area contributed by atoms with Crippen LogP contribution in [0.2, 0.25) is 0 Å². The van der Waals surface area contributed by atoms with Gasteiger partial charge in [-0.05, 0) is 102 Å². The van der Waals surface area contributed by atoms with Crippen LogP contribution in [0.25, 0.3) is 11.1 Å². The van der Waals surface area contributed by atoms with E-state index in [-0.39, 0.29) is 11.1 Å². The molecule has 0 spiro atoms. The molecule has 0 atom stereocenters. The van der Waals surface area contributed by atoms with E-state index in [0.29, 0.717) is 0 Å². The molecule has 186 valence electrons. The van der Waals surface area contributed by atoms with Crippen LogP contribution in [0.3, 0.4) is 0 Å². The molecule has 0 N–H and O–H groups in total. The first-order valence-corrected chi connectivity index (χ1v) is 13.2. The van der Waals surface area contributed by atoms with Gasteiger partial charge >= 0.3 is 0 Å². The largest absolute Gasteiger partial charge is 0.358 e. The van der Waals surface area contributed by atoms with Gasteiger partial charge in [0.2, 0.25) is 0 Å². The first-order valence-electron chi connectivity index (χ1n) is 13.2. The maximum absolute atomic E-state index is 2.55. The fourth-order valence-electron chi connectivity index (χ4n) is 6.09. The fraction of sp³-hybridized carbons (Fsp3) is 0.353. The molecule has 0 radical (unpaired) electrons. The van der Waals surface area contributed by atoms with Gasteiger partial charge in [-0.2, -0.15) is 0 Å². The summed E-state index contributed by atoms with van der Waals surface area (Å²) in [5.41, 5.74) is 13.4. The van der Waals surface area contributed by atoms with Crippen molar-refractivity contribution in [2.45, 2.75) is 79.6 Å². The van der Waals surface area contributed by atoms with E-state index >= 15 is 0 Å². The zero-order chi connectivity index (χ0) is 25.8. The Labute approximate surface area is 218 Å². The fourth-order valence-corrected chi connectivity index (χ4v) is 6.09. The lowest BCUT2D eigenvalue weighted by atomic mass is 9.87. The van der Waals surface area contributed by atoms with E-state index in [9.17, 15) is 0 Å². The lowest BCUT2D eigenvalue weighted by Gasteiger charge is -2.44. The zero-order valence-corrected chi connectivity index (χ0v) is 23.2. The Bertz CT molecular complexity index is 1260. The summed E-state index contributed by atoms with van der Waals surface area (Å²) in [6.07, 6.45) is 4.83. The van der Waals surface area contributed by atoms with Gasteiger partial charge in [-0.1, -0.05) is 59.7 Å². The Hall–Kier alpha value is -3.26. The van der Waals surface area contributed by atoms with Crippen molar-refractivity contribution < 1.29 is 0 Å². The SMILES string of the molecule is CC1=CC(C)(C)N(Cc2ccc(CN3c4ccc(C)cc4C(C)=CC3(C)C)cc2)c2ccc(C)cc21. The van der Waals surface area contributed by atoms with Crippen molar-refractivity contribution in [3.63, 3.8) is 0 Å². The van der Waals surface area contributed by atoms with Crippen molar-refractivity contribution in [3.8, 4) is 0 Å². The van der Waals surface area contributed by atoms with E-state index < -0.39 is 0 Å². The first kappa shape index (κ1) is 24.4. The zero-order valence-electron chi connectivity index (χ0n) is 23.2. The highest BCUT2D eigenvalue weighted by Crippen LogP contribution is 2.41. The summed E-state index contributed by atoms with van der Waals surface area (Å²) in [4.78, 5) is 5.09. The minimum atomic E-state index is -0.0329. The van der Waals surface area contributed by atoms with Gasteiger partial charge in [0, 0.05) is 35.6 Å². The van der Waals surface area contributed by atoms with Gasteiger partial charge in [0.1, 0.15) is 0 Å². The molecule has 3 aromatic rings. The highest BCUT2D eigenvalue weighted by atomic mass is 15.2. The second-order valence-electron chi connectivity index (χ2n) is 12.0. The average molecular weight is 477 g/mol. The number of anilines is 2. The summed E-state index contributed by atoms with van der Waals surface area (Å²) in [5.74, 6) is 0. The van der Waals surface area contributed by atoms with Crippen molar-refractivity contribution in [1.29, 1.82) is 0 Å². The van der Waals surface area contributed by atoms with Crippen LogP contribution in [0.15, 0.2) is 72.8 Å². The molecule has 2 aliphatic heterocycles. The van der Waals surface area contributed by atoms with Crippen LogP contribution < -0.4 is 9.80 Å². The Balaban J connectivity index is 1.40. The van der Waals surface area contributed by atoms with Crippen LogP contribution in [0.4, 0.5) is 11.4 Å². The molecule has 2 heteroatoms.